The van der Waals surface area contributed by atoms with Crippen LogP contribution < -0.4 is 10.5 Å². The van der Waals surface area contributed by atoms with Gasteiger partial charge < -0.3 is 5.32 Å². The Kier molecular flexibility index (Phi) is 3.91. The molecule has 0 amide bonds. The fourth-order valence-electron chi connectivity index (χ4n) is 0.905. The highest BCUT2D eigenvalue weighted by Gasteiger charge is 2.01. The Bertz CT molecular complexity index is 388. The van der Waals surface area contributed by atoms with Crippen molar-refractivity contribution >= 4 is 31.6 Å². The van der Waals surface area contributed by atoms with Gasteiger partial charge >= 0.3 is 0 Å². The van der Waals surface area contributed by atoms with Crippen LogP contribution in [0.2, 0.25) is 0 Å². The minimum absolute atomic E-state index is 0.0664. The molecule has 0 heterocycles. The zero-order chi connectivity index (χ0) is 10.6. The summed E-state index contributed by atoms with van der Waals surface area (Å²) in [6, 6.07) is 7.46. The third-order valence-corrected chi connectivity index (χ3v) is 2.86. The summed E-state index contributed by atoms with van der Waals surface area (Å²) in [6.07, 6.45) is 0. The maximum absolute atomic E-state index is 10.6. The van der Waals surface area contributed by atoms with Crippen LogP contribution in [0.25, 0.3) is 0 Å². The second-order valence-corrected chi connectivity index (χ2v) is 5.45. The summed E-state index contributed by atoms with van der Waals surface area (Å²) in [7, 11) is -3.37. The fourth-order valence-corrected chi connectivity index (χ4v) is 1.56. The average molecular weight is 279 g/mol. The third kappa shape index (κ3) is 4.59. The van der Waals surface area contributed by atoms with Gasteiger partial charge in [-0.1, -0.05) is 15.9 Å². The van der Waals surface area contributed by atoms with E-state index in [-0.39, 0.29) is 5.75 Å². The Labute approximate surface area is 91.7 Å². The quantitative estimate of drug-likeness (QED) is 0.868. The summed E-state index contributed by atoms with van der Waals surface area (Å²) in [4.78, 5) is 0. The number of anilines is 1. The van der Waals surface area contributed by atoms with Gasteiger partial charge in [-0.25, -0.2) is 13.6 Å². The van der Waals surface area contributed by atoms with E-state index in [9.17, 15) is 8.42 Å². The van der Waals surface area contributed by atoms with Crippen molar-refractivity contribution in [3.63, 3.8) is 0 Å². The van der Waals surface area contributed by atoms with E-state index in [1.165, 1.54) is 0 Å². The molecule has 6 heteroatoms. The maximum atomic E-state index is 10.6. The Morgan fingerprint density at radius 2 is 1.86 bits per heavy atom. The molecule has 1 aromatic carbocycles. The second-order valence-electron chi connectivity index (χ2n) is 2.80. The van der Waals surface area contributed by atoms with Crippen LogP contribution in [0.1, 0.15) is 0 Å². The van der Waals surface area contributed by atoms with Crippen molar-refractivity contribution in [2.24, 2.45) is 5.14 Å². The summed E-state index contributed by atoms with van der Waals surface area (Å²) in [6.45, 7) is 0.320. The number of primary sulfonamides is 1. The zero-order valence-corrected chi connectivity index (χ0v) is 9.81. The average Bonchev–Trinajstić information content (AvgIpc) is 2.06. The van der Waals surface area contributed by atoms with Crippen LogP contribution in [0.3, 0.4) is 0 Å². The zero-order valence-electron chi connectivity index (χ0n) is 7.40. The van der Waals surface area contributed by atoms with E-state index in [4.69, 9.17) is 5.14 Å². The number of halogens is 1. The molecule has 0 aliphatic carbocycles. The lowest BCUT2D eigenvalue weighted by molar-refractivity contribution is 0.598. The second kappa shape index (κ2) is 4.77. The van der Waals surface area contributed by atoms with Crippen LogP contribution in [-0.2, 0) is 10.0 Å². The molecule has 0 aliphatic rings. The first-order chi connectivity index (χ1) is 6.47. The number of hydrogen-bond acceptors (Lipinski definition) is 3. The molecule has 0 saturated heterocycles. The highest BCUT2D eigenvalue weighted by molar-refractivity contribution is 9.10. The molecule has 14 heavy (non-hydrogen) atoms. The van der Waals surface area contributed by atoms with Crippen LogP contribution in [0.15, 0.2) is 28.7 Å². The molecule has 0 radical (unpaired) electrons. The lowest BCUT2D eigenvalue weighted by Crippen LogP contribution is -2.22. The summed E-state index contributed by atoms with van der Waals surface area (Å²) in [5.74, 6) is -0.0664. The van der Waals surface area contributed by atoms with E-state index in [0.717, 1.165) is 10.2 Å². The van der Waals surface area contributed by atoms with E-state index in [0.29, 0.717) is 6.54 Å². The Morgan fingerprint density at radius 1 is 1.29 bits per heavy atom. The van der Waals surface area contributed by atoms with Crippen molar-refractivity contribution < 1.29 is 8.42 Å². The van der Waals surface area contributed by atoms with Gasteiger partial charge in [0.1, 0.15) is 0 Å². The molecular formula is C8H11BrN2O2S. The first-order valence-electron chi connectivity index (χ1n) is 3.97. The maximum Gasteiger partial charge on any atom is 0.210 e. The van der Waals surface area contributed by atoms with Gasteiger partial charge in [-0.2, -0.15) is 0 Å². The SMILES string of the molecule is NS(=O)(=O)CCNc1ccc(Br)cc1. The van der Waals surface area contributed by atoms with E-state index in [2.05, 4.69) is 21.2 Å². The molecule has 1 aromatic rings. The van der Waals surface area contributed by atoms with Gasteiger partial charge in [-0.05, 0) is 24.3 Å². The van der Waals surface area contributed by atoms with Crippen LogP contribution in [-0.4, -0.2) is 20.7 Å². The number of nitrogens with one attached hydrogen (secondary N) is 1. The molecule has 4 nitrogen and oxygen atoms in total. The number of hydrogen-bond donors (Lipinski definition) is 2. The standard InChI is InChI=1S/C8H11BrN2O2S/c9-7-1-3-8(4-2-7)11-5-6-14(10,12)13/h1-4,11H,5-6H2,(H2,10,12,13). The van der Waals surface area contributed by atoms with E-state index in [1.54, 1.807) is 0 Å². The van der Waals surface area contributed by atoms with Crippen molar-refractivity contribution in [2.45, 2.75) is 0 Å². The lowest BCUT2D eigenvalue weighted by Gasteiger charge is -2.04. The molecule has 0 aliphatic heterocycles. The predicted molar refractivity (Wildman–Crippen MR) is 60.6 cm³/mol. The van der Waals surface area contributed by atoms with E-state index in [1.807, 2.05) is 24.3 Å². The Morgan fingerprint density at radius 3 is 2.36 bits per heavy atom. The smallest absolute Gasteiger partial charge is 0.210 e. The van der Waals surface area contributed by atoms with Crippen molar-refractivity contribution in [2.75, 3.05) is 17.6 Å². The minimum atomic E-state index is -3.37. The van der Waals surface area contributed by atoms with Gasteiger partial charge in [0, 0.05) is 16.7 Å². The highest BCUT2D eigenvalue weighted by Crippen LogP contribution is 2.13. The van der Waals surface area contributed by atoms with Crippen molar-refractivity contribution in [1.29, 1.82) is 0 Å². The van der Waals surface area contributed by atoms with Crippen LogP contribution in [0, 0.1) is 0 Å². The van der Waals surface area contributed by atoms with E-state index >= 15 is 0 Å². The monoisotopic (exact) mass is 278 g/mol. The predicted octanol–water partition coefficient (Wildman–Crippen LogP) is 1.15. The first-order valence-corrected chi connectivity index (χ1v) is 6.48. The Balaban J connectivity index is 2.43. The molecule has 0 fully saturated rings. The number of nitrogens with two attached hydrogens (primary N) is 1. The molecule has 0 atom stereocenters. The van der Waals surface area contributed by atoms with Gasteiger partial charge in [-0.3, -0.25) is 0 Å². The third-order valence-electron chi connectivity index (χ3n) is 1.56. The molecule has 0 unspecified atom stereocenters. The molecule has 0 aromatic heterocycles. The van der Waals surface area contributed by atoms with Crippen molar-refractivity contribution in [3.8, 4) is 0 Å². The van der Waals surface area contributed by atoms with Gasteiger partial charge in [0.05, 0.1) is 5.75 Å². The largest absolute Gasteiger partial charge is 0.384 e. The molecule has 0 bridgehead atoms. The summed E-state index contributed by atoms with van der Waals surface area (Å²) in [5, 5.41) is 7.80. The van der Waals surface area contributed by atoms with Gasteiger partial charge in [0.2, 0.25) is 10.0 Å². The fraction of sp³-hybridized carbons (Fsp3) is 0.250. The lowest BCUT2D eigenvalue weighted by atomic mass is 10.3. The van der Waals surface area contributed by atoms with Crippen LogP contribution >= 0.6 is 15.9 Å². The topological polar surface area (TPSA) is 72.2 Å². The minimum Gasteiger partial charge on any atom is -0.384 e. The summed E-state index contributed by atoms with van der Waals surface area (Å²) >= 11 is 3.30. The van der Waals surface area contributed by atoms with Gasteiger partial charge in [0.25, 0.3) is 0 Å². The summed E-state index contributed by atoms with van der Waals surface area (Å²) in [5.41, 5.74) is 0.872. The van der Waals surface area contributed by atoms with Gasteiger partial charge in [-0.15, -0.1) is 0 Å². The van der Waals surface area contributed by atoms with E-state index < -0.39 is 10.0 Å². The number of benzene rings is 1. The highest BCUT2D eigenvalue weighted by atomic mass is 79.9. The number of sulfonamides is 1. The molecular weight excluding hydrogens is 268 g/mol. The summed E-state index contributed by atoms with van der Waals surface area (Å²) < 4.78 is 22.2. The molecule has 0 saturated carbocycles. The molecule has 78 valence electrons. The van der Waals surface area contributed by atoms with Crippen LogP contribution in [0.5, 0.6) is 0 Å². The van der Waals surface area contributed by atoms with Crippen molar-refractivity contribution in [1.82, 2.24) is 0 Å². The van der Waals surface area contributed by atoms with Gasteiger partial charge in [0.15, 0.2) is 0 Å². The Hall–Kier alpha value is -0.590. The van der Waals surface area contributed by atoms with Crippen molar-refractivity contribution in [3.05, 3.63) is 28.7 Å². The first kappa shape index (κ1) is 11.5. The normalized spacial score (nSPS) is 11.3. The van der Waals surface area contributed by atoms with Crippen LogP contribution in [0.4, 0.5) is 5.69 Å². The molecule has 3 N–H and O–H groups in total. The molecule has 0 spiro atoms. The molecule has 1 rings (SSSR count). The number of rotatable bonds is 4.